The first-order valence-electron chi connectivity index (χ1n) is 7.91. The third-order valence-electron chi connectivity index (χ3n) is 3.34. The molecule has 6 heteroatoms. The monoisotopic (exact) mass is 341 g/mol. The van der Waals surface area contributed by atoms with Gasteiger partial charge in [-0.05, 0) is 37.6 Å². The summed E-state index contributed by atoms with van der Waals surface area (Å²) in [6, 6.07) is 11.0. The first kappa shape index (κ1) is 18.2. The number of hydrogen-bond acceptors (Lipinski definition) is 5. The maximum Gasteiger partial charge on any atom is 0.270 e. The van der Waals surface area contributed by atoms with Crippen molar-refractivity contribution >= 4 is 17.5 Å². The third-order valence-corrected chi connectivity index (χ3v) is 3.34. The summed E-state index contributed by atoms with van der Waals surface area (Å²) in [5, 5.41) is 10.8. The topological polar surface area (TPSA) is 78.7 Å². The molecule has 2 rings (SSSR count). The van der Waals surface area contributed by atoms with E-state index in [1.54, 1.807) is 24.3 Å². The molecule has 0 heterocycles. The Hall–Kier alpha value is -3.15. The number of hydrogen-bond donors (Lipinski definition) is 0. The molecule has 0 bridgehead atoms. The molecule has 0 spiro atoms. The smallest absolute Gasteiger partial charge is 0.270 e. The van der Waals surface area contributed by atoms with E-state index in [0.717, 1.165) is 5.56 Å². The fraction of sp³-hybridized carbons (Fsp3) is 0.211. The highest BCUT2D eigenvalue weighted by molar-refractivity contribution is 6.07. The van der Waals surface area contributed by atoms with E-state index in [1.165, 1.54) is 24.3 Å². The van der Waals surface area contributed by atoms with E-state index in [2.05, 4.69) is 0 Å². The summed E-state index contributed by atoms with van der Waals surface area (Å²) in [7, 11) is 0. The van der Waals surface area contributed by atoms with Crippen molar-refractivity contribution in [1.82, 2.24) is 0 Å². The maximum atomic E-state index is 12.2. The molecule has 0 fully saturated rings. The number of non-ortho nitro benzene ring substituents is 1. The van der Waals surface area contributed by atoms with Crippen LogP contribution in [0.1, 0.15) is 29.8 Å². The number of ketones is 1. The van der Waals surface area contributed by atoms with E-state index in [4.69, 9.17) is 9.47 Å². The maximum absolute atomic E-state index is 12.2. The molecule has 0 amide bonds. The van der Waals surface area contributed by atoms with Crippen LogP contribution in [0.3, 0.4) is 0 Å². The van der Waals surface area contributed by atoms with Crippen molar-refractivity contribution in [1.29, 1.82) is 0 Å². The van der Waals surface area contributed by atoms with E-state index in [9.17, 15) is 14.9 Å². The molecular formula is C19H19NO5. The molecule has 0 aliphatic rings. The minimum Gasteiger partial charge on any atom is -0.490 e. The number of allylic oxidation sites excluding steroid dienone is 1. The van der Waals surface area contributed by atoms with Crippen LogP contribution in [0.2, 0.25) is 0 Å². The summed E-state index contributed by atoms with van der Waals surface area (Å²) in [5.41, 5.74) is 0.922. The van der Waals surface area contributed by atoms with Crippen LogP contribution in [0.4, 0.5) is 5.69 Å². The quantitative estimate of drug-likeness (QED) is 0.310. The zero-order valence-corrected chi connectivity index (χ0v) is 14.1. The fourth-order valence-electron chi connectivity index (χ4n) is 2.21. The fourth-order valence-corrected chi connectivity index (χ4v) is 2.21. The van der Waals surface area contributed by atoms with Gasteiger partial charge in [0.25, 0.3) is 5.69 Å². The Labute approximate surface area is 145 Å². The first-order valence-corrected chi connectivity index (χ1v) is 7.91. The molecule has 0 aromatic heterocycles. The van der Waals surface area contributed by atoms with Gasteiger partial charge in [-0.2, -0.15) is 0 Å². The van der Waals surface area contributed by atoms with Gasteiger partial charge in [0.1, 0.15) is 0 Å². The Bertz CT molecular complexity index is 798. The van der Waals surface area contributed by atoms with E-state index in [1.807, 2.05) is 19.9 Å². The third kappa shape index (κ3) is 4.91. The van der Waals surface area contributed by atoms with Crippen molar-refractivity contribution in [3.63, 3.8) is 0 Å². The number of nitro benzene ring substituents is 1. The highest BCUT2D eigenvalue weighted by atomic mass is 16.6. The number of rotatable bonds is 8. The molecule has 0 N–H and O–H groups in total. The number of nitro groups is 1. The molecule has 2 aromatic carbocycles. The average Bonchev–Trinajstić information content (AvgIpc) is 2.62. The normalized spacial score (nSPS) is 10.6. The Balaban J connectivity index is 2.20. The minimum atomic E-state index is -0.526. The summed E-state index contributed by atoms with van der Waals surface area (Å²) < 4.78 is 11.0. The highest BCUT2D eigenvalue weighted by Crippen LogP contribution is 2.29. The molecule has 6 nitrogen and oxygen atoms in total. The van der Waals surface area contributed by atoms with Crippen LogP contribution in [0, 0.1) is 10.1 Å². The van der Waals surface area contributed by atoms with Gasteiger partial charge in [0, 0.05) is 17.7 Å². The van der Waals surface area contributed by atoms with Crippen LogP contribution in [0.25, 0.3) is 6.08 Å². The second-order valence-corrected chi connectivity index (χ2v) is 5.08. The largest absolute Gasteiger partial charge is 0.490 e. The number of benzene rings is 2. The Morgan fingerprint density at radius 3 is 2.48 bits per heavy atom. The number of carbonyl (C=O) groups is 1. The standard InChI is InChI=1S/C19H19NO5/c1-3-24-18-11-9-14(12-19(18)25-4-2)8-10-17(21)15-6-5-7-16(13-15)20(22)23/h5-13H,3-4H2,1-2H3/b10-8+. The molecule has 0 aliphatic heterocycles. The van der Waals surface area contributed by atoms with Gasteiger partial charge in [-0.25, -0.2) is 0 Å². The average molecular weight is 341 g/mol. The lowest BCUT2D eigenvalue weighted by atomic mass is 10.1. The van der Waals surface area contributed by atoms with Crippen LogP contribution < -0.4 is 9.47 Å². The zero-order chi connectivity index (χ0) is 18.2. The second-order valence-electron chi connectivity index (χ2n) is 5.08. The molecule has 0 atom stereocenters. The van der Waals surface area contributed by atoms with Crippen molar-refractivity contribution in [2.24, 2.45) is 0 Å². The van der Waals surface area contributed by atoms with Gasteiger partial charge >= 0.3 is 0 Å². The minimum absolute atomic E-state index is 0.112. The van der Waals surface area contributed by atoms with Gasteiger partial charge in [0.15, 0.2) is 17.3 Å². The lowest BCUT2D eigenvalue weighted by Crippen LogP contribution is -1.99. The summed E-state index contributed by atoms with van der Waals surface area (Å²) in [5.74, 6) is 0.941. The lowest BCUT2D eigenvalue weighted by Gasteiger charge is -2.11. The summed E-state index contributed by atoms with van der Waals surface area (Å²) in [4.78, 5) is 22.5. The Morgan fingerprint density at radius 1 is 1.08 bits per heavy atom. The molecule has 0 radical (unpaired) electrons. The van der Waals surface area contributed by atoms with E-state index < -0.39 is 4.92 Å². The second kappa shape index (κ2) is 8.63. The van der Waals surface area contributed by atoms with Crippen LogP contribution in [0.15, 0.2) is 48.5 Å². The van der Waals surface area contributed by atoms with Crippen LogP contribution in [-0.2, 0) is 0 Å². The molecule has 0 aliphatic carbocycles. The first-order chi connectivity index (χ1) is 12.0. The van der Waals surface area contributed by atoms with Gasteiger partial charge in [0.05, 0.1) is 18.1 Å². The van der Waals surface area contributed by atoms with Gasteiger partial charge in [-0.1, -0.05) is 24.3 Å². The van der Waals surface area contributed by atoms with E-state index in [0.29, 0.717) is 24.7 Å². The van der Waals surface area contributed by atoms with Gasteiger partial charge in [-0.15, -0.1) is 0 Å². The molecule has 25 heavy (non-hydrogen) atoms. The number of carbonyl (C=O) groups excluding carboxylic acids is 1. The Kier molecular flexibility index (Phi) is 6.28. The lowest BCUT2D eigenvalue weighted by molar-refractivity contribution is -0.384. The molecular weight excluding hydrogens is 322 g/mol. The Morgan fingerprint density at radius 2 is 1.80 bits per heavy atom. The van der Waals surface area contributed by atoms with Gasteiger partial charge in [-0.3, -0.25) is 14.9 Å². The summed E-state index contributed by atoms with van der Waals surface area (Å²) >= 11 is 0. The van der Waals surface area contributed by atoms with Crippen LogP contribution in [-0.4, -0.2) is 23.9 Å². The van der Waals surface area contributed by atoms with Gasteiger partial charge in [0.2, 0.25) is 0 Å². The molecule has 0 unspecified atom stereocenters. The number of nitrogens with zero attached hydrogens (tertiary/aromatic N) is 1. The van der Waals surface area contributed by atoms with Crippen molar-refractivity contribution in [3.8, 4) is 11.5 Å². The summed E-state index contributed by atoms with van der Waals surface area (Å²) in [6.07, 6.45) is 3.02. The molecule has 0 saturated heterocycles. The van der Waals surface area contributed by atoms with Crippen molar-refractivity contribution in [2.45, 2.75) is 13.8 Å². The zero-order valence-electron chi connectivity index (χ0n) is 14.1. The highest BCUT2D eigenvalue weighted by Gasteiger charge is 2.10. The molecule has 2 aromatic rings. The molecule has 0 saturated carbocycles. The van der Waals surface area contributed by atoms with Crippen LogP contribution in [0.5, 0.6) is 11.5 Å². The molecule has 130 valence electrons. The predicted molar refractivity (Wildman–Crippen MR) is 95.2 cm³/mol. The van der Waals surface area contributed by atoms with E-state index in [-0.39, 0.29) is 17.0 Å². The number of ether oxygens (including phenoxy) is 2. The summed E-state index contributed by atoms with van der Waals surface area (Å²) in [6.45, 7) is 4.80. The van der Waals surface area contributed by atoms with Crippen LogP contribution >= 0.6 is 0 Å². The predicted octanol–water partition coefficient (Wildman–Crippen LogP) is 4.29. The van der Waals surface area contributed by atoms with Crippen molar-refractivity contribution in [3.05, 3.63) is 69.8 Å². The van der Waals surface area contributed by atoms with E-state index >= 15 is 0 Å². The van der Waals surface area contributed by atoms with Crippen molar-refractivity contribution in [2.75, 3.05) is 13.2 Å². The van der Waals surface area contributed by atoms with Crippen molar-refractivity contribution < 1.29 is 19.2 Å². The van der Waals surface area contributed by atoms with Gasteiger partial charge < -0.3 is 9.47 Å². The SMILES string of the molecule is CCOc1ccc(/C=C/C(=O)c2cccc([N+](=O)[O-])c2)cc1OCC.